The molecule has 1 aliphatic carbocycles. The summed E-state index contributed by atoms with van der Waals surface area (Å²) >= 11 is 1.67. The van der Waals surface area contributed by atoms with E-state index >= 15 is 0 Å². The molecule has 0 spiro atoms. The summed E-state index contributed by atoms with van der Waals surface area (Å²) < 4.78 is 2.16. The van der Waals surface area contributed by atoms with Crippen molar-refractivity contribution in [3.63, 3.8) is 0 Å². The van der Waals surface area contributed by atoms with Gasteiger partial charge in [-0.3, -0.25) is 4.40 Å². The molecule has 15 heavy (non-hydrogen) atoms. The van der Waals surface area contributed by atoms with Crippen molar-refractivity contribution in [3.05, 3.63) is 23.0 Å². The number of rotatable bonds is 3. The van der Waals surface area contributed by atoms with E-state index in [2.05, 4.69) is 27.9 Å². The summed E-state index contributed by atoms with van der Waals surface area (Å²) in [4.78, 5) is 5.59. The van der Waals surface area contributed by atoms with E-state index in [-0.39, 0.29) is 5.41 Å². The minimum absolute atomic E-state index is 0.169. The summed E-state index contributed by atoms with van der Waals surface area (Å²) in [5.74, 6) is 0. The fourth-order valence-corrected chi connectivity index (χ4v) is 2.86. The number of thiazole rings is 1. The molecule has 1 saturated carbocycles. The first-order valence-electron chi connectivity index (χ1n) is 5.26. The molecule has 80 valence electrons. The molecule has 0 aliphatic heterocycles. The molecule has 0 saturated heterocycles. The highest BCUT2D eigenvalue weighted by molar-refractivity contribution is 7.15. The van der Waals surface area contributed by atoms with Crippen LogP contribution < -0.4 is 0 Å². The highest BCUT2D eigenvalue weighted by atomic mass is 32.1. The average Bonchev–Trinajstić information content (AvgIpc) is 2.77. The Morgan fingerprint density at radius 3 is 3.07 bits per heavy atom. The van der Waals surface area contributed by atoms with Gasteiger partial charge in [0.25, 0.3) is 0 Å². The van der Waals surface area contributed by atoms with Crippen LogP contribution in [0.3, 0.4) is 0 Å². The Morgan fingerprint density at radius 2 is 2.40 bits per heavy atom. The number of imidazole rings is 1. The van der Waals surface area contributed by atoms with Crippen molar-refractivity contribution in [2.45, 2.75) is 26.2 Å². The summed E-state index contributed by atoms with van der Waals surface area (Å²) in [7, 11) is 0. The van der Waals surface area contributed by atoms with Crippen molar-refractivity contribution >= 4 is 16.3 Å². The molecule has 0 aromatic carbocycles. The zero-order valence-corrected chi connectivity index (χ0v) is 9.55. The Kier molecular flexibility index (Phi) is 1.91. The average molecular weight is 222 g/mol. The summed E-state index contributed by atoms with van der Waals surface area (Å²) in [6, 6.07) is 0. The van der Waals surface area contributed by atoms with Gasteiger partial charge in [-0.2, -0.15) is 0 Å². The number of aliphatic hydroxyl groups is 1. The van der Waals surface area contributed by atoms with Gasteiger partial charge in [0.1, 0.15) is 0 Å². The summed E-state index contributed by atoms with van der Waals surface area (Å²) in [5, 5.41) is 11.4. The second-order valence-corrected chi connectivity index (χ2v) is 5.41. The minimum atomic E-state index is 0.169. The van der Waals surface area contributed by atoms with Crippen molar-refractivity contribution in [3.8, 4) is 0 Å². The topological polar surface area (TPSA) is 37.5 Å². The van der Waals surface area contributed by atoms with Crippen LogP contribution in [-0.4, -0.2) is 21.1 Å². The molecule has 2 heterocycles. The van der Waals surface area contributed by atoms with Gasteiger partial charge in [0, 0.05) is 23.9 Å². The third-order valence-electron chi connectivity index (χ3n) is 3.40. The quantitative estimate of drug-likeness (QED) is 0.862. The first-order valence-corrected chi connectivity index (χ1v) is 6.14. The minimum Gasteiger partial charge on any atom is -0.396 e. The maximum Gasteiger partial charge on any atom is 0.194 e. The number of hydrogen-bond acceptors (Lipinski definition) is 3. The Labute approximate surface area is 92.4 Å². The number of nitrogens with zero attached hydrogens (tertiary/aromatic N) is 2. The zero-order valence-electron chi connectivity index (χ0n) is 8.73. The smallest absolute Gasteiger partial charge is 0.194 e. The van der Waals surface area contributed by atoms with Crippen LogP contribution in [0.25, 0.3) is 4.96 Å². The fraction of sp³-hybridized carbons (Fsp3) is 0.545. The van der Waals surface area contributed by atoms with E-state index in [1.54, 1.807) is 11.3 Å². The lowest BCUT2D eigenvalue weighted by atomic mass is 10.0. The molecule has 4 heteroatoms. The first-order chi connectivity index (χ1) is 7.24. The summed E-state index contributed by atoms with van der Waals surface area (Å²) in [5.41, 5.74) is 2.56. The van der Waals surface area contributed by atoms with Crippen LogP contribution in [0, 0.1) is 12.3 Å². The third kappa shape index (κ3) is 1.40. The van der Waals surface area contributed by atoms with Gasteiger partial charge < -0.3 is 5.11 Å². The van der Waals surface area contributed by atoms with Crippen molar-refractivity contribution < 1.29 is 5.11 Å². The van der Waals surface area contributed by atoms with Crippen molar-refractivity contribution in [1.82, 2.24) is 9.38 Å². The Bertz CT molecular complexity index is 496. The molecule has 2 aromatic rings. The van der Waals surface area contributed by atoms with E-state index in [9.17, 15) is 5.11 Å². The number of fused-ring (bicyclic) bond motifs is 1. The van der Waals surface area contributed by atoms with Crippen LogP contribution in [-0.2, 0) is 6.42 Å². The van der Waals surface area contributed by atoms with Gasteiger partial charge in [-0.1, -0.05) is 0 Å². The summed E-state index contributed by atoms with van der Waals surface area (Å²) in [6.45, 7) is 2.37. The molecule has 2 aromatic heterocycles. The molecule has 0 amide bonds. The molecule has 1 fully saturated rings. The molecule has 3 nitrogen and oxygen atoms in total. The standard InChI is InChI=1S/C11H14N2OS/c1-8-9(6-11(7-14)2-3-11)13-4-5-15-10(13)12-8/h4-5,14H,2-3,6-7H2,1H3. The van der Waals surface area contributed by atoms with Gasteiger partial charge in [0.15, 0.2) is 4.96 Å². The van der Waals surface area contributed by atoms with Crippen LogP contribution in [0.4, 0.5) is 0 Å². The van der Waals surface area contributed by atoms with Crippen LogP contribution in [0.5, 0.6) is 0 Å². The van der Waals surface area contributed by atoms with Crippen LogP contribution in [0.15, 0.2) is 11.6 Å². The summed E-state index contributed by atoms with van der Waals surface area (Å²) in [6.07, 6.45) is 5.34. The Hall–Kier alpha value is -0.870. The van der Waals surface area contributed by atoms with Crippen LogP contribution in [0.2, 0.25) is 0 Å². The molecular formula is C11H14N2OS. The van der Waals surface area contributed by atoms with E-state index in [0.717, 1.165) is 29.9 Å². The largest absolute Gasteiger partial charge is 0.396 e. The van der Waals surface area contributed by atoms with E-state index in [4.69, 9.17) is 0 Å². The normalized spacial score (nSPS) is 18.5. The number of aryl methyl sites for hydroxylation is 1. The van der Waals surface area contributed by atoms with E-state index in [1.807, 2.05) is 0 Å². The van der Waals surface area contributed by atoms with Gasteiger partial charge in [-0.05, 0) is 31.6 Å². The van der Waals surface area contributed by atoms with Gasteiger partial charge in [0.2, 0.25) is 0 Å². The third-order valence-corrected chi connectivity index (χ3v) is 4.15. The lowest BCUT2D eigenvalue weighted by Crippen LogP contribution is -2.12. The highest BCUT2D eigenvalue weighted by Gasteiger charge is 2.42. The second kappa shape index (κ2) is 3.06. The maximum absolute atomic E-state index is 9.34. The first kappa shape index (κ1) is 9.36. The van der Waals surface area contributed by atoms with Crippen molar-refractivity contribution in [2.75, 3.05) is 6.61 Å². The van der Waals surface area contributed by atoms with Crippen LogP contribution in [0.1, 0.15) is 24.2 Å². The fourth-order valence-electron chi connectivity index (χ4n) is 2.08. The molecule has 1 N–H and O–H groups in total. The Morgan fingerprint density at radius 1 is 1.60 bits per heavy atom. The van der Waals surface area contributed by atoms with Gasteiger partial charge in [0.05, 0.1) is 5.69 Å². The molecule has 0 bridgehead atoms. The van der Waals surface area contributed by atoms with E-state index in [1.165, 1.54) is 5.69 Å². The lowest BCUT2D eigenvalue weighted by molar-refractivity contribution is 0.210. The van der Waals surface area contributed by atoms with E-state index < -0.39 is 0 Å². The molecule has 0 atom stereocenters. The molecule has 0 unspecified atom stereocenters. The second-order valence-electron chi connectivity index (χ2n) is 4.53. The predicted molar refractivity (Wildman–Crippen MR) is 60.3 cm³/mol. The van der Waals surface area contributed by atoms with Gasteiger partial charge >= 0.3 is 0 Å². The van der Waals surface area contributed by atoms with Gasteiger partial charge in [-0.15, -0.1) is 11.3 Å². The van der Waals surface area contributed by atoms with Crippen molar-refractivity contribution in [2.24, 2.45) is 5.41 Å². The van der Waals surface area contributed by atoms with Crippen LogP contribution >= 0.6 is 11.3 Å². The number of aromatic nitrogens is 2. The Balaban J connectivity index is 2.02. The predicted octanol–water partition coefficient (Wildman–Crippen LogP) is 2.02. The monoisotopic (exact) mass is 222 g/mol. The highest BCUT2D eigenvalue weighted by Crippen LogP contribution is 2.48. The number of hydrogen-bond donors (Lipinski definition) is 1. The number of aliphatic hydroxyl groups excluding tert-OH is 1. The molecule has 0 radical (unpaired) electrons. The van der Waals surface area contributed by atoms with Gasteiger partial charge in [-0.25, -0.2) is 4.98 Å². The van der Waals surface area contributed by atoms with Crippen molar-refractivity contribution in [1.29, 1.82) is 0 Å². The SMILES string of the molecule is Cc1nc2sccn2c1CC1(CO)CC1. The lowest BCUT2D eigenvalue weighted by Gasteiger charge is -2.10. The molecular weight excluding hydrogens is 208 g/mol. The maximum atomic E-state index is 9.34. The molecule has 3 rings (SSSR count). The van der Waals surface area contributed by atoms with E-state index in [0.29, 0.717) is 6.61 Å². The molecule has 1 aliphatic rings. The zero-order chi connectivity index (χ0) is 10.5.